The lowest BCUT2D eigenvalue weighted by Crippen LogP contribution is -2.33. The monoisotopic (exact) mass is 575 g/mol. The average Bonchev–Trinajstić information content (AvgIpc) is 3.37. The predicted molar refractivity (Wildman–Crippen MR) is 147 cm³/mol. The van der Waals surface area contributed by atoms with Crippen LogP contribution >= 0.6 is 0 Å². The number of pyridine rings is 1. The summed E-state index contributed by atoms with van der Waals surface area (Å²) in [5.74, 6) is -2.82. The third kappa shape index (κ3) is 5.45. The number of amides is 1. The number of rotatable bonds is 8. The van der Waals surface area contributed by atoms with Crippen LogP contribution in [0.1, 0.15) is 22.5 Å². The molecule has 5 N–H and O–H groups in total. The van der Waals surface area contributed by atoms with E-state index in [0.29, 0.717) is 40.9 Å². The van der Waals surface area contributed by atoms with Crippen molar-refractivity contribution in [1.82, 2.24) is 15.0 Å². The number of anilines is 1. The van der Waals surface area contributed by atoms with E-state index >= 15 is 0 Å². The van der Waals surface area contributed by atoms with Gasteiger partial charge in [-0.05, 0) is 36.2 Å². The number of hydrogen-bond acceptors (Lipinski definition) is 9. The summed E-state index contributed by atoms with van der Waals surface area (Å²) in [6, 6.07) is 11.6. The van der Waals surface area contributed by atoms with E-state index in [4.69, 9.17) is 11.5 Å². The van der Waals surface area contributed by atoms with Crippen molar-refractivity contribution in [2.24, 2.45) is 11.5 Å². The molecule has 2 aromatic carbocycles. The molecular weight excluding hydrogens is 551 g/mol. The molecule has 1 saturated heterocycles. The van der Waals surface area contributed by atoms with Gasteiger partial charge in [0.25, 0.3) is 5.91 Å². The Labute approximate surface area is 238 Å². The highest BCUT2D eigenvalue weighted by Crippen LogP contribution is 2.40. The Morgan fingerprint density at radius 3 is 2.71 bits per heavy atom. The molecule has 0 aliphatic carbocycles. The van der Waals surface area contributed by atoms with Crippen LogP contribution in [0.2, 0.25) is 0 Å². The lowest BCUT2D eigenvalue weighted by atomic mass is 9.95. The number of ether oxygens (including phenoxy) is 1. The van der Waals surface area contributed by atoms with Crippen LogP contribution in [0, 0.1) is 17.1 Å². The van der Waals surface area contributed by atoms with Crippen molar-refractivity contribution in [2.45, 2.75) is 25.1 Å². The van der Waals surface area contributed by atoms with E-state index < -0.39 is 29.6 Å². The second kappa shape index (κ2) is 11.8. The lowest BCUT2D eigenvalue weighted by Gasteiger charge is -2.28. The van der Waals surface area contributed by atoms with Gasteiger partial charge in [-0.15, -0.1) is 0 Å². The highest BCUT2D eigenvalue weighted by Gasteiger charge is 2.32. The minimum Gasteiger partial charge on any atom is -0.434 e. The maximum atomic E-state index is 14.8. The minimum atomic E-state index is -3.24. The molecule has 4 aromatic rings. The molecule has 0 spiro atoms. The first kappa shape index (κ1) is 28.5. The van der Waals surface area contributed by atoms with Gasteiger partial charge in [0.1, 0.15) is 17.3 Å². The molecule has 3 heterocycles. The molecule has 1 amide bonds. The smallest absolute Gasteiger partial charge is 0.387 e. The molecule has 214 valence electrons. The van der Waals surface area contributed by atoms with Gasteiger partial charge in [-0.2, -0.15) is 14.0 Å². The van der Waals surface area contributed by atoms with E-state index in [1.165, 1.54) is 18.5 Å². The quantitative estimate of drug-likeness (QED) is 0.285. The number of carbonyl (C=O) groups excluding carboxylic acids is 1. The number of primary amides is 1. The number of alkyl halides is 2. The first-order valence-corrected chi connectivity index (χ1v) is 12.7. The number of aliphatic hydroxyl groups excluding tert-OH is 1. The predicted octanol–water partition coefficient (Wildman–Crippen LogP) is 3.48. The van der Waals surface area contributed by atoms with Crippen LogP contribution in [0.5, 0.6) is 5.75 Å². The summed E-state index contributed by atoms with van der Waals surface area (Å²) in [7, 11) is 0. The van der Waals surface area contributed by atoms with E-state index in [1.54, 1.807) is 30.5 Å². The van der Waals surface area contributed by atoms with Crippen LogP contribution in [0.3, 0.4) is 0 Å². The fourth-order valence-electron chi connectivity index (χ4n) is 5.11. The van der Waals surface area contributed by atoms with Crippen LogP contribution in [0.25, 0.3) is 33.6 Å². The van der Waals surface area contributed by atoms with Crippen LogP contribution in [0.4, 0.5) is 18.9 Å². The molecule has 1 aliphatic rings. The standard InChI is InChI=1S/C29H24F3N7O3/c30-22-2-1-3-24(42-29(31)32)25(22)28-37-12-21(26(38-28)27(35)41)19-5-4-15(20-11-36-7-6-16(20)10-33)8-23(19)39-13-17(34)9-18(39)14-40/h1-8,11-12,17-18,29,40H,9,13-14,34H2,(H2,35,41)/t17-,18-/m0/s1. The third-order valence-corrected chi connectivity index (χ3v) is 6.94. The molecule has 2 aromatic heterocycles. The van der Waals surface area contributed by atoms with Crippen molar-refractivity contribution in [2.75, 3.05) is 18.1 Å². The molecule has 0 saturated carbocycles. The van der Waals surface area contributed by atoms with Gasteiger partial charge in [0, 0.05) is 53.6 Å². The summed E-state index contributed by atoms with van der Waals surface area (Å²) in [4.78, 5) is 27.1. The Hall–Kier alpha value is -5.06. The van der Waals surface area contributed by atoms with Crippen LogP contribution in [0.15, 0.2) is 61.1 Å². The van der Waals surface area contributed by atoms with Gasteiger partial charge in [-0.3, -0.25) is 9.78 Å². The van der Waals surface area contributed by atoms with E-state index in [-0.39, 0.29) is 35.8 Å². The maximum absolute atomic E-state index is 14.8. The topological polar surface area (TPSA) is 164 Å². The Morgan fingerprint density at radius 1 is 1.19 bits per heavy atom. The number of nitriles is 1. The molecule has 2 atom stereocenters. The zero-order chi connectivity index (χ0) is 30.0. The summed E-state index contributed by atoms with van der Waals surface area (Å²) >= 11 is 0. The van der Waals surface area contributed by atoms with E-state index in [1.807, 2.05) is 4.90 Å². The average molecular weight is 576 g/mol. The molecule has 1 aliphatic heterocycles. The minimum absolute atomic E-state index is 0.171. The van der Waals surface area contributed by atoms with Gasteiger partial charge < -0.3 is 26.2 Å². The van der Waals surface area contributed by atoms with Crippen LogP contribution in [-0.4, -0.2) is 57.8 Å². The Bertz CT molecular complexity index is 1700. The summed E-state index contributed by atoms with van der Waals surface area (Å²) in [6.07, 6.45) is 4.80. The van der Waals surface area contributed by atoms with Crippen molar-refractivity contribution in [3.63, 3.8) is 0 Å². The Balaban J connectivity index is 1.71. The highest BCUT2D eigenvalue weighted by molar-refractivity contribution is 6.00. The van der Waals surface area contributed by atoms with Crippen molar-refractivity contribution in [1.29, 1.82) is 5.26 Å². The molecule has 0 bridgehead atoms. The summed E-state index contributed by atoms with van der Waals surface area (Å²) in [5, 5.41) is 19.7. The van der Waals surface area contributed by atoms with Crippen molar-refractivity contribution >= 4 is 11.6 Å². The summed E-state index contributed by atoms with van der Waals surface area (Å²) in [6.45, 7) is -3.07. The van der Waals surface area contributed by atoms with E-state index in [2.05, 4.69) is 25.8 Å². The van der Waals surface area contributed by atoms with Crippen LogP contribution < -0.4 is 21.1 Å². The van der Waals surface area contributed by atoms with Gasteiger partial charge in [-0.25, -0.2) is 14.4 Å². The fraction of sp³-hybridized carbons (Fsp3) is 0.207. The number of aromatic nitrogens is 3. The zero-order valence-electron chi connectivity index (χ0n) is 21.9. The van der Waals surface area contributed by atoms with Crippen molar-refractivity contribution in [3.05, 3.63) is 78.1 Å². The number of aliphatic hydroxyl groups is 1. The molecule has 1 fully saturated rings. The van der Waals surface area contributed by atoms with Gasteiger partial charge in [0.2, 0.25) is 0 Å². The van der Waals surface area contributed by atoms with Gasteiger partial charge in [-0.1, -0.05) is 18.2 Å². The highest BCUT2D eigenvalue weighted by atomic mass is 19.3. The number of hydrogen-bond donors (Lipinski definition) is 3. The molecule has 10 nitrogen and oxygen atoms in total. The largest absolute Gasteiger partial charge is 0.434 e. The number of carbonyl (C=O) groups is 1. The second-order valence-electron chi connectivity index (χ2n) is 9.56. The van der Waals surface area contributed by atoms with Crippen molar-refractivity contribution < 1.29 is 27.8 Å². The molecule has 0 radical (unpaired) electrons. The van der Waals surface area contributed by atoms with Crippen molar-refractivity contribution in [3.8, 4) is 45.5 Å². The van der Waals surface area contributed by atoms with E-state index in [0.717, 1.165) is 12.1 Å². The number of halogens is 3. The Kier molecular flexibility index (Phi) is 8.01. The van der Waals surface area contributed by atoms with Gasteiger partial charge in [0.05, 0.1) is 29.8 Å². The first-order valence-electron chi connectivity index (χ1n) is 12.7. The van der Waals surface area contributed by atoms with Gasteiger partial charge in [0.15, 0.2) is 5.82 Å². The second-order valence-corrected chi connectivity index (χ2v) is 9.56. The third-order valence-electron chi connectivity index (χ3n) is 6.94. The molecule has 13 heteroatoms. The summed E-state index contributed by atoms with van der Waals surface area (Å²) in [5.41, 5.74) is 13.9. The number of benzene rings is 2. The molecular formula is C29H24F3N7O3. The fourth-order valence-corrected chi connectivity index (χ4v) is 5.11. The molecule has 5 rings (SSSR count). The van der Waals surface area contributed by atoms with Gasteiger partial charge >= 0.3 is 6.61 Å². The first-order chi connectivity index (χ1) is 20.2. The maximum Gasteiger partial charge on any atom is 0.387 e. The zero-order valence-corrected chi connectivity index (χ0v) is 21.9. The van der Waals surface area contributed by atoms with Crippen LogP contribution in [-0.2, 0) is 0 Å². The lowest BCUT2D eigenvalue weighted by molar-refractivity contribution is -0.0496. The number of nitrogens with two attached hydrogens (primary N) is 2. The SMILES string of the molecule is N#Cc1ccncc1-c1ccc(-c2cnc(-c3c(F)cccc3OC(F)F)nc2C(N)=O)c(N2C[C@@H](N)C[C@H]2CO)c1. The number of nitrogens with zero attached hydrogens (tertiary/aromatic N) is 5. The normalized spacial score (nSPS) is 16.5. The molecule has 0 unspecified atom stereocenters. The summed E-state index contributed by atoms with van der Waals surface area (Å²) < 4.78 is 45.3. The van der Waals surface area contributed by atoms with E-state index in [9.17, 15) is 28.3 Å². The molecule has 42 heavy (non-hydrogen) atoms. The Morgan fingerprint density at radius 2 is 2.00 bits per heavy atom.